The molecule has 0 bridgehead atoms. The van der Waals surface area contributed by atoms with Gasteiger partial charge in [0.2, 0.25) is 0 Å². The monoisotopic (exact) mass is 334 g/mol. The van der Waals surface area contributed by atoms with Gasteiger partial charge in [-0.05, 0) is 44.1 Å². The summed E-state index contributed by atoms with van der Waals surface area (Å²) in [5.74, 6) is 1.50. The molecule has 5 heteroatoms. The summed E-state index contributed by atoms with van der Waals surface area (Å²) in [6.07, 6.45) is 1.09. The van der Waals surface area contributed by atoms with E-state index in [9.17, 15) is 0 Å². The number of methoxy groups -OCH3 is 1. The van der Waals surface area contributed by atoms with Crippen molar-refractivity contribution in [2.45, 2.75) is 18.6 Å². The van der Waals surface area contributed by atoms with Gasteiger partial charge in [0.25, 0.3) is 0 Å². The van der Waals surface area contributed by atoms with Crippen LogP contribution in [0.15, 0.2) is 24.3 Å². The minimum atomic E-state index is -0.135. The molecule has 0 saturated carbocycles. The third kappa shape index (κ3) is 4.48. The number of ether oxygens (including phenoxy) is 3. The van der Waals surface area contributed by atoms with Crippen LogP contribution in [-0.2, 0) is 16.0 Å². The summed E-state index contributed by atoms with van der Waals surface area (Å²) in [5, 5.41) is 0. The summed E-state index contributed by atoms with van der Waals surface area (Å²) in [6, 6.07) is 8.33. The Kier molecular flexibility index (Phi) is 5.76. The molecule has 0 aliphatic carbocycles. The van der Waals surface area contributed by atoms with Gasteiger partial charge in [-0.2, -0.15) is 0 Å². The molecule has 1 aromatic rings. The van der Waals surface area contributed by atoms with Crippen molar-refractivity contribution in [3.63, 3.8) is 0 Å². The first-order valence-electron chi connectivity index (χ1n) is 8.80. The maximum atomic E-state index is 6.27. The maximum absolute atomic E-state index is 6.27. The summed E-state index contributed by atoms with van der Waals surface area (Å²) >= 11 is 0. The lowest BCUT2D eigenvalue weighted by Crippen LogP contribution is -2.44. The van der Waals surface area contributed by atoms with E-state index < -0.39 is 0 Å². The van der Waals surface area contributed by atoms with E-state index in [4.69, 9.17) is 14.2 Å². The lowest BCUT2D eigenvalue weighted by molar-refractivity contribution is -0.0563. The zero-order valence-corrected chi connectivity index (χ0v) is 15.2. The van der Waals surface area contributed by atoms with Crippen LogP contribution in [0.1, 0.15) is 12.0 Å². The van der Waals surface area contributed by atoms with E-state index >= 15 is 0 Å². The molecule has 134 valence electrons. The molecule has 2 heterocycles. The molecule has 2 fully saturated rings. The van der Waals surface area contributed by atoms with Crippen molar-refractivity contribution in [3.8, 4) is 5.75 Å². The maximum Gasteiger partial charge on any atom is 0.118 e. The van der Waals surface area contributed by atoms with E-state index in [0.717, 1.165) is 58.2 Å². The predicted molar refractivity (Wildman–Crippen MR) is 94.4 cm³/mol. The highest BCUT2D eigenvalue weighted by Gasteiger charge is 2.43. The predicted octanol–water partition coefficient (Wildman–Crippen LogP) is 1.86. The Morgan fingerprint density at radius 2 is 2.08 bits per heavy atom. The van der Waals surface area contributed by atoms with Gasteiger partial charge in [0.15, 0.2) is 0 Å². The topological polar surface area (TPSA) is 34.2 Å². The number of benzene rings is 1. The van der Waals surface area contributed by atoms with Crippen molar-refractivity contribution >= 4 is 0 Å². The molecule has 0 N–H and O–H groups in total. The van der Waals surface area contributed by atoms with Crippen LogP contribution in [0.4, 0.5) is 0 Å². The first-order chi connectivity index (χ1) is 11.6. The molecule has 2 saturated heterocycles. The Bertz CT molecular complexity index is 520. The van der Waals surface area contributed by atoms with Gasteiger partial charge in [-0.3, -0.25) is 4.90 Å². The first kappa shape index (κ1) is 17.7. The lowest BCUT2D eigenvalue weighted by Gasteiger charge is -2.31. The Morgan fingerprint density at radius 1 is 1.29 bits per heavy atom. The van der Waals surface area contributed by atoms with E-state index in [0.29, 0.717) is 5.92 Å². The second-order valence-electron chi connectivity index (χ2n) is 7.44. The Labute approximate surface area is 145 Å². The van der Waals surface area contributed by atoms with Crippen molar-refractivity contribution in [2.24, 2.45) is 5.92 Å². The van der Waals surface area contributed by atoms with Gasteiger partial charge < -0.3 is 19.1 Å². The average molecular weight is 334 g/mol. The summed E-state index contributed by atoms with van der Waals surface area (Å²) < 4.78 is 17.4. The number of rotatable bonds is 5. The molecule has 1 aromatic carbocycles. The van der Waals surface area contributed by atoms with Crippen LogP contribution in [-0.4, -0.2) is 76.1 Å². The molecule has 3 rings (SSSR count). The normalized spacial score (nSPS) is 28.4. The molecule has 2 aliphatic heterocycles. The van der Waals surface area contributed by atoms with E-state index in [1.807, 2.05) is 12.1 Å². The van der Waals surface area contributed by atoms with Gasteiger partial charge in [0.05, 0.1) is 26.9 Å². The molecule has 2 atom stereocenters. The smallest absolute Gasteiger partial charge is 0.118 e. The molecule has 0 radical (unpaired) electrons. The van der Waals surface area contributed by atoms with Crippen molar-refractivity contribution in [1.29, 1.82) is 0 Å². The Morgan fingerprint density at radius 3 is 2.79 bits per heavy atom. The molecule has 2 aliphatic rings. The standard InChI is InChI=1S/C19H30N2O3/c1-20(2)11-17-10-19(24-13-17)14-21(8-9-23-15-19)12-16-4-6-18(22-3)7-5-16/h4-7,17H,8-15H2,1-3H3/t17-,19+/m0/s1. The van der Waals surface area contributed by atoms with Crippen LogP contribution in [0.3, 0.4) is 0 Å². The third-order valence-electron chi connectivity index (χ3n) is 4.90. The van der Waals surface area contributed by atoms with E-state index in [2.05, 4.69) is 36.0 Å². The van der Waals surface area contributed by atoms with Crippen molar-refractivity contribution in [2.75, 3.05) is 60.7 Å². The van der Waals surface area contributed by atoms with Crippen LogP contribution >= 0.6 is 0 Å². The SMILES string of the molecule is COc1ccc(CN2CCOC[C@@]3(C[C@@H](CN(C)C)CO3)C2)cc1. The first-order valence-corrected chi connectivity index (χ1v) is 8.80. The number of nitrogens with zero attached hydrogens (tertiary/aromatic N) is 2. The fraction of sp³-hybridized carbons (Fsp3) is 0.684. The van der Waals surface area contributed by atoms with E-state index in [1.165, 1.54) is 5.56 Å². The molecule has 0 unspecified atom stereocenters. The molecule has 0 aromatic heterocycles. The van der Waals surface area contributed by atoms with Crippen molar-refractivity contribution in [3.05, 3.63) is 29.8 Å². The summed E-state index contributed by atoms with van der Waals surface area (Å²) in [5.41, 5.74) is 1.17. The van der Waals surface area contributed by atoms with Crippen LogP contribution in [0.25, 0.3) is 0 Å². The Hall–Kier alpha value is -1.14. The van der Waals surface area contributed by atoms with E-state index in [1.54, 1.807) is 7.11 Å². The van der Waals surface area contributed by atoms with Crippen LogP contribution < -0.4 is 4.74 Å². The van der Waals surface area contributed by atoms with Gasteiger partial charge in [0, 0.05) is 26.2 Å². The molecule has 0 amide bonds. The third-order valence-corrected chi connectivity index (χ3v) is 4.90. The molecule has 5 nitrogen and oxygen atoms in total. The molecular formula is C19H30N2O3. The number of hydrogen-bond donors (Lipinski definition) is 0. The second kappa shape index (κ2) is 7.83. The minimum absolute atomic E-state index is 0.135. The fourth-order valence-electron chi connectivity index (χ4n) is 3.89. The molecule has 1 spiro atoms. The summed E-state index contributed by atoms with van der Waals surface area (Å²) in [4.78, 5) is 4.71. The van der Waals surface area contributed by atoms with Crippen LogP contribution in [0.2, 0.25) is 0 Å². The molecule has 24 heavy (non-hydrogen) atoms. The average Bonchev–Trinajstić information content (AvgIpc) is 2.82. The second-order valence-corrected chi connectivity index (χ2v) is 7.44. The highest BCUT2D eigenvalue weighted by Crippen LogP contribution is 2.33. The fourth-order valence-corrected chi connectivity index (χ4v) is 3.89. The Balaban J connectivity index is 1.62. The van der Waals surface area contributed by atoms with Crippen LogP contribution in [0, 0.1) is 5.92 Å². The van der Waals surface area contributed by atoms with Gasteiger partial charge in [0.1, 0.15) is 11.4 Å². The quantitative estimate of drug-likeness (QED) is 0.821. The summed E-state index contributed by atoms with van der Waals surface area (Å²) in [6.45, 7) is 6.25. The van der Waals surface area contributed by atoms with Crippen LogP contribution in [0.5, 0.6) is 5.75 Å². The molecular weight excluding hydrogens is 304 g/mol. The number of hydrogen-bond acceptors (Lipinski definition) is 5. The van der Waals surface area contributed by atoms with Gasteiger partial charge in [-0.15, -0.1) is 0 Å². The highest BCUT2D eigenvalue weighted by molar-refractivity contribution is 5.27. The highest BCUT2D eigenvalue weighted by atomic mass is 16.5. The van der Waals surface area contributed by atoms with Gasteiger partial charge >= 0.3 is 0 Å². The van der Waals surface area contributed by atoms with Gasteiger partial charge in [-0.1, -0.05) is 12.1 Å². The lowest BCUT2D eigenvalue weighted by atomic mass is 9.94. The van der Waals surface area contributed by atoms with Crippen molar-refractivity contribution < 1.29 is 14.2 Å². The summed E-state index contributed by atoms with van der Waals surface area (Å²) in [7, 11) is 5.96. The van der Waals surface area contributed by atoms with E-state index in [-0.39, 0.29) is 5.60 Å². The minimum Gasteiger partial charge on any atom is -0.497 e. The zero-order valence-electron chi connectivity index (χ0n) is 15.2. The zero-order chi connectivity index (χ0) is 17.0. The van der Waals surface area contributed by atoms with Gasteiger partial charge in [-0.25, -0.2) is 0 Å². The van der Waals surface area contributed by atoms with Crippen molar-refractivity contribution in [1.82, 2.24) is 9.80 Å². The largest absolute Gasteiger partial charge is 0.497 e.